The third kappa shape index (κ3) is 2.01. The highest BCUT2D eigenvalue weighted by atomic mass is 16.3. The van der Waals surface area contributed by atoms with Crippen molar-refractivity contribution in [2.24, 2.45) is 0 Å². The first-order valence-electron chi connectivity index (χ1n) is 4.59. The third-order valence-corrected chi connectivity index (χ3v) is 2.09. The molecular weight excluding hydrogens is 166 g/mol. The molecule has 0 saturated carbocycles. The molecule has 0 fully saturated rings. The minimum atomic E-state index is 0.149. The molecular formula is C9H17N3O. The SMILES string of the molecule is CCn1nc(C)c(NCCO)c1C. The van der Waals surface area contributed by atoms with Gasteiger partial charge in [-0.3, -0.25) is 4.68 Å². The summed E-state index contributed by atoms with van der Waals surface area (Å²) in [6.07, 6.45) is 0. The molecule has 0 atom stereocenters. The highest BCUT2D eigenvalue weighted by Gasteiger charge is 2.08. The van der Waals surface area contributed by atoms with E-state index in [4.69, 9.17) is 5.11 Å². The second-order valence-electron chi connectivity index (χ2n) is 3.01. The molecule has 0 aliphatic rings. The zero-order chi connectivity index (χ0) is 9.84. The molecule has 0 aliphatic heterocycles. The Labute approximate surface area is 78.6 Å². The monoisotopic (exact) mass is 183 g/mol. The lowest BCUT2D eigenvalue weighted by Gasteiger charge is -2.04. The standard InChI is InChI=1S/C9H17N3O/c1-4-12-8(3)9(7(2)11-12)10-5-6-13/h10,13H,4-6H2,1-3H3. The molecule has 0 unspecified atom stereocenters. The second-order valence-corrected chi connectivity index (χ2v) is 3.01. The molecule has 0 aromatic carbocycles. The number of hydrogen-bond donors (Lipinski definition) is 2. The zero-order valence-corrected chi connectivity index (χ0v) is 8.46. The van der Waals surface area contributed by atoms with Gasteiger partial charge in [0.25, 0.3) is 0 Å². The van der Waals surface area contributed by atoms with Gasteiger partial charge in [0.2, 0.25) is 0 Å². The second kappa shape index (κ2) is 4.28. The average Bonchev–Trinajstić information content (AvgIpc) is 2.39. The number of aliphatic hydroxyl groups excluding tert-OH is 1. The summed E-state index contributed by atoms with van der Waals surface area (Å²) in [6, 6.07) is 0. The summed E-state index contributed by atoms with van der Waals surface area (Å²) in [5.74, 6) is 0. The van der Waals surface area contributed by atoms with Crippen molar-refractivity contribution in [2.45, 2.75) is 27.3 Å². The highest BCUT2D eigenvalue weighted by Crippen LogP contribution is 2.18. The van der Waals surface area contributed by atoms with Gasteiger partial charge in [0.05, 0.1) is 23.7 Å². The Bertz CT molecular complexity index is 281. The van der Waals surface area contributed by atoms with Crippen molar-refractivity contribution >= 4 is 5.69 Å². The lowest BCUT2D eigenvalue weighted by Crippen LogP contribution is -2.07. The number of nitrogens with zero attached hydrogens (tertiary/aromatic N) is 2. The van der Waals surface area contributed by atoms with Crippen LogP contribution in [-0.4, -0.2) is 28.0 Å². The van der Waals surface area contributed by atoms with Crippen LogP contribution in [0.4, 0.5) is 5.69 Å². The average molecular weight is 183 g/mol. The Morgan fingerprint density at radius 2 is 2.15 bits per heavy atom. The first-order chi connectivity index (χ1) is 6.20. The maximum absolute atomic E-state index is 8.68. The van der Waals surface area contributed by atoms with E-state index >= 15 is 0 Å². The Balaban J connectivity index is 2.85. The smallest absolute Gasteiger partial charge is 0.0827 e. The molecule has 0 amide bonds. The van der Waals surface area contributed by atoms with Crippen LogP contribution in [0.2, 0.25) is 0 Å². The maximum Gasteiger partial charge on any atom is 0.0827 e. The van der Waals surface area contributed by atoms with Gasteiger partial charge in [0.15, 0.2) is 0 Å². The van der Waals surface area contributed by atoms with E-state index < -0.39 is 0 Å². The van der Waals surface area contributed by atoms with Gasteiger partial charge in [-0.15, -0.1) is 0 Å². The lowest BCUT2D eigenvalue weighted by atomic mass is 10.3. The minimum Gasteiger partial charge on any atom is -0.395 e. The molecule has 4 heteroatoms. The van der Waals surface area contributed by atoms with Crippen LogP contribution in [0.3, 0.4) is 0 Å². The van der Waals surface area contributed by atoms with E-state index in [2.05, 4.69) is 17.3 Å². The van der Waals surface area contributed by atoms with Gasteiger partial charge in [0, 0.05) is 13.1 Å². The van der Waals surface area contributed by atoms with Gasteiger partial charge in [-0.05, 0) is 20.8 Å². The van der Waals surface area contributed by atoms with Gasteiger partial charge in [0.1, 0.15) is 0 Å². The molecule has 4 nitrogen and oxygen atoms in total. The van der Waals surface area contributed by atoms with E-state index in [9.17, 15) is 0 Å². The normalized spacial score (nSPS) is 10.5. The van der Waals surface area contributed by atoms with Crippen molar-refractivity contribution < 1.29 is 5.11 Å². The van der Waals surface area contributed by atoms with E-state index in [1.807, 2.05) is 18.5 Å². The Kier molecular flexibility index (Phi) is 3.31. The third-order valence-electron chi connectivity index (χ3n) is 2.09. The molecule has 0 aliphatic carbocycles. The van der Waals surface area contributed by atoms with E-state index in [1.54, 1.807) is 0 Å². The Hall–Kier alpha value is -1.03. The number of aromatic nitrogens is 2. The van der Waals surface area contributed by atoms with Crippen LogP contribution in [0.1, 0.15) is 18.3 Å². The molecule has 0 saturated heterocycles. The van der Waals surface area contributed by atoms with Crippen LogP contribution in [0.15, 0.2) is 0 Å². The number of nitrogens with one attached hydrogen (secondary N) is 1. The number of rotatable bonds is 4. The first kappa shape index (κ1) is 10.1. The minimum absolute atomic E-state index is 0.149. The molecule has 1 heterocycles. The predicted molar refractivity (Wildman–Crippen MR) is 53.0 cm³/mol. The summed E-state index contributed by atoms with van der Waals surface area (Å²) in [4.78, 5) is 0. The van der Waals surface area contributed by atoms with Gasteiger partial charge in [-0.1, -0.05) is 0 Å². The molecule has 13 heavy (non-hydrogen) atoms. The predicted octanol–water partition coefficient (Wildman–Crippen LogP) is 0.924. The lowest BCUT2D eigenvalue weighted by molar-refractivity contribution is 0.311. The van der Waals surface area contributed by atoms with Crippen molar-refractivity contribution in [3.63, 3.8) is 0 Å². The van der Waals surface area contributed by atoms with Crippen molar-refractivity contribution in [3.05, 3.63) is 11.4 Å². The number of aliphatic hydroxyl groups is 1. The van der Waals surface area contributed by atoms with Crippen molar-refractivity contribution in [1.82, 2.24) is 9.78 Å². The summed E-state index contributed by atoms with van der Waals surface area (Å²) in [5.41, 5.74) is 3.18. The number of hydrogen-bond acceptors (Lipinski definition) is 3. The van der Waals surface area contributed by atoms with Crippen molar-refractivity contribution in [3.8, 4) is 0 Å². The molecule has 1 aromatic rings. The van der Waals surface area contributed by atoms with Crippen LogP contribution < -0.4 is 5.32 Å². The molecule has 0 radical (unpaired) electrons. The highest BCUT2D eigenvalue weighted by molar-refractivity contribution is 5.51. The molecule has 74 valence electrons. The zero-order valence-electron chi connectivity index (χ0n) is 8.46. The summed E-state index contributed by atoms with van der Waals surface area (Å²) >= 11 is 0. The fourth-order valence-corrected chi connectivity index (χ4v) is 1.44. The largest absolute Gasteiger partial charge is 0.395 e. The summed E-state index contributed by atoms with van der Waals surface area (Å²) in [7, 11) is 0. The Morgan fingerprint density at radius 3 is 2.62 bits per heavy atom. The molecule has 1 rings (SSSR count). The summed E-state index contributed by atoms with van der Waals surface area (Å²) in [5, 5.41) is 16.2. The van der Waals surface area contributed by atoms with Gasteiger partial charge in [-0.2, -0.15) is 5.10 Å². The molecule has 1 aromatic heterocycles. The first-order valence-corrected chi connectivity index (χ1v) is 4.59. The van der Waals surface area contributed by atoms with E-state index in [0.29, 0.717) is 6.54 Å². The van der Waals surface area contributed by atoms with Gasteiger partial charge < -0.3 is 10.4 Å². The number of anilines is 1. The van der Waals surface area contributed by atoms with Crippen LogP contribution in [-0.2, 0) is 6.54 Å². The molecule has 2 N–H and O–H groups in total. The quantitative estimate of drug-likeness (QED) is 0.730. The van der Waals surface area contributed by atoms with Gasteiger partial charge >= 0.3 is 0 Å². The van der Waals surface area contributed by atoms with Crippen LogP contribution in [0, 0.1) is 13.8 Å². The summed E-state index contributed by atoms with van der Waals surface area (Å²) < 4.78 is 1.95. The van der Waals surface area contributed by atoms with E-state index in [-0.39, 0.29) is 6.61 Å². The summed E-state index contributed by atoms with van der Waals surface area (Å²) in [6.45, 7) is 7.68. The molecule has 0 bridgehead atoms. The van der Waals surface area contributed by atoms with Crippen LogP contribution in [0.25, 0.3) is 0 Å². The fraction of sp³-hybridized carbons (Fsp3) is 0.667. The van der Waals surface area contributed by atoms with E-state index in [1.165, 1.54) is 0 Å². The van der Waals surface area contributed by atoms with Crippen molar-refractivity contribution in [1.29, 1.82) is 0 Å². The van der Waals surface area contributed by atoms with Crippen molar-refractivity contribution in [2.75, 3.05) is 18.5 Å². The van der Waals surface area contributed by atoms with Gasteiger partial charge in [-0.25, -0.2) is 0 Å². The van der Waals surface area contributed by atoms with Crippen LogP contribution >= 0.6 is 0 Å². The maximum atomic E-state index is 8.68. The fourth-order valence-electron chi connectivity index (χ4n) is 1.44. The topological polar surface area (TPSA) is 50.1 Å². The molecule has 0 spiro atoms. The number of aryl methyl sites for hydroxylation is 2. The van der Waals surface area contributed by atoms with Crippen LogP contribution in [0.5, 0.6) is 0 Å². The van der Waals surface area contributed by atoms with E-state index in [0.717, 1.165) is 23.6 Å². The Morgan fingerprint density at radius 1 is 1.46 bits per heavy atom.